The van der Waals surface area contributed by atoms with Gasteiger partial charge in [0, 0.05) is 18.0 Å². The number of nitrogens with zero attached hydrogens (tertiary/aromatic N) is 2. The molecule has 0 aliphatic carbocycles. The predicted octanol–water partition coefficient (Wildman–Crippen LogP) is 2.25. The van der Waals surface area contributed by atoms with Gasteiger partial charge >= 0.3 is 0 Å². The van der Waals surface area contributed by atoms with Crippen LogP contribution in [0.4, 0.5) is 11.4 Å². The van der Waals surface area contributed by atoms with Crippen LogP contribution in [0.25, 0.3) is 0 Å². The van der Waals surface area contributed by atoms with E-state index >= 15 is 0 Å². The molecule has 0 saturated heterocycles. The highest BCUT2D eigenvalue weighted by Crippen LogP contribution is 2.17. The van der Waals surface area contributed by atoms with Gasteiger partial charge in [0.05, 0.1) is 24.2 Å². The third-order valence-corrected chi connectivity index (χ3v) is 2.54. The van der Waals surface area contributed by atoms with Crippen LogP contribution >= 0.6 is 12.2 Å². The molecule has 0 aliphatic rings. The Hall–Kier alpha value is -2.21. The highest BCUT2D eigenvalue weighted by molar-refractivity contribution is 7.80. The van der Waals surface area contributed by atoms with Gasteiger partial charge in [-0.1, -0.05) is 12.2 Å². The van der Waals surface area contributed by atoms with E-state index in [0.29, 0.717) is 18.2 Å². The van der Waals surface area contributed by atoms with Crippen LogP contribution in [0.5, 0.6) is 5.88 Å². The van der Waals surface area contributed by atoms with Gasteiger partial charge in [0.15, 0.2) is 0 Å². The van der Waals surface area contributed by atoms with Crippen LogP contribution in [0.1, 0.15) is 12.6 Å². The number of ether oxygens (including phenoxy) is 1. The Morgan fingerprint density at radius 1 is 1.32 bits per heavy atom. The number of nitrogens with one attached hydrogen (secondary N) is 1. The fourth-order valence-electron chi connectivity index (χ4n) is 1.50. The monoisotopic (exact) mass is 274 g/mol. The van der Waals surface area contributed by atoms with Crippen molar-refractivity contribution >= 4 is 28.6 Å². The molecule has 98 valence electrons. The average Bonchev–Trinajstić information content (AvgIpc) is 2.42. The lowest BCUT2D eigenvalue weighted by atomic mass is 10.3. The first-order valence-electron chi connectivity index (χ1n) is 5.81. The molecule has 0 spiro atoms. The van der Waals surface area contributed by atoms with Crippen molar-refractivity contribution < 1.29 is 4.74 Å². The first kappa shape index (κ1) is 13.2. The van der Waals surface area contributed by atoms with Crippen molar-refractivity contribution in [1.29, 1.82) is 0 Å². The summed E-state index contributed by atoms with van der Waals surface area (Å²) >= 11 is 4.89. The van der Waals surface area contributed by atoms with Gasteiger partial charge < -0.3 is 15.8 Å². The van der Waals surface area contributed by atoms with E-state index in [1.165, 1.54) is 0 Å². The lowest BCUT2D eigenvalue weighted by Gasteiger charge is -2.08. The normalized spacial score (nSPS) is 9.95. The minimum atomic E-state index is 0.272. The van der Waals surface area contributed by atoms with Gasteiger partial charge in [-0.3, -0.25) is 4.98 Å². The molecule has 19 heavy (non-hydrogen) atoms. The van der Waals surface area contributed by atoms with E-state index in [0.717, 1.165) is 11.4 Å². The summed E-state index contributed by atoms with van der Waals surface area (Å²) in [5.41, 5.74) is 7.83. The third kappa shape index (κ3) is 3.62. The van der Waals surface area contributed by atoms with E-state index in [-0.39, 0.29) is 4.99 Å². The van der Waals surface area contributed by atoms with Crippen LogP contribution in [-0.4, -0.2) is 21.6 Å². The van der Waals surface area contributed by atoms with Gasteiger partial charge in [-0.2, -0.15) is 0 Å². The predicted molar refractivity (Wildman–Crippen MR) is 78.8 cm³/mol. The zero-order chi connectivity index (χ0) is 13.7. The third-order valence-electron chi connectivity index (χ3n) is 2.33. The maximum absolute atomic E-state index is 5.54. The Balaban J connectivity index is 2.12. The molecule has 2 heterocycles. The zero-order valence-electron chi connectivity index (χ0n) is 10.5. The van der Waals surface area contributed by atoms with E-state index < -0.39 is 0 Å². The maximum atomic E-state index is 5.54. The Morgan fingerprint density at radius 2 is 2.16 bits per heavy atom. The summed E-state index contributed by atoms with van der Waals surface area (Å²) in [6.45, 7) is 2.52. The molecule has 2 aromatic heterocycles. The largest absolute Gasteiger partial charge is 0.478 e. The summed E-state index contributed by atoms with van der Waals surface area (Å²) in [4.78, 5) is 8.52. The number of aromatic nitrogens is 2. The quantitative estimate of drug-likeness (QED) is 0.815. The summed E-state index contributed by atoms with van der Waals surface area (Å²) < 4.78 is 5.28. The van der Waals surface area contributed by atoms with E-state index in [1.807, 2.05) is 25.1 Å². The molecule has 0 unspecified atom stereocenters. The van der Waals surface area contributed by atoms with Crippen molar-refractivity contribution in [1.82, 2.24) is 9.97 Å². The van der Waals surface area contributed by atoms with Gasteiger partial charge in [-0.25, -0.2) is 4.98 Å². The molecule has 0 amide bonds. The van der Waals surface area contributed by atoms with E-state index in [4.69, 9.17) is 22.7 Å². The lowest BCUT2D eigenvalue weighted by Crippen LogP contribution is -2.11. The number of hydrogen-bond donors (Lipinski definition) is 2. The summed E-state index contributed by atoms with van der Waals surface area (Å²) in [6, 6.07) is 7.32. The Kier molecular flexibility index (Phi) is 4.25. The lowest BCUT2D eigenvalue weighted by molar-refractivity contribution is 0.327. The van der Waals surface area contributed by atoms with Crippen LogP contribution in [0.2, 0.25) is 0 Å². The standard InChI is InChI=1S/C13H14N4OS/c1-2-18-12-4-3-10(8-16-12)17-9-5-6-15-11(7-9)13(14)19/h3-8H,2H2,1H3,(H2,14,19)(H,15,17). The fraction of sp³-hybridized carbons (Fsp3) is 0.154. The Morgan fingerprint density at radius 3 is 2.79 bits per heavy atom. The minimum absolute atomic E-state index is 0.272. The summed E-state index contributed by atoms with van der Waals surface area (Å²) in [7, 11) is 0. The average molecular weight is 274 g/mol. The number of pyridine rings is 2. The van der Waals surface area contributed by atoms with E-state index in [9.17, 15) is 0 Å². The molecular formula is C13H14N4OS. The molecule has 0 fully saturated rings. The summed E-state index contributed by atoms with van der Waals surface area (Å²) in [6.07, 6.45) is 3.35. The number of thiocarbonyl (C=S) groups is 1. The molecule has 0 bridgehead atoms. The molecule has 0 aliphatic heterocycles. The molecular weight excluding hydrogens is 260 g/mol. The van der Waals surface area contributed by atoms with Gasteiger partial charge in [0.2, 0.25) is 5.88 Å². The molecule has 6 heteroatoms. The summed E-state index contributed by atoms with van der Waals surface area (Å²) in [5.74, 6) is 0.603. The van der Waals surface area contributed by atoms with Gasteiger partial charge in [-0.15, -0.1) is 0 Å². The van der Waals surface area contributed by atoms with Crippen LogP contribution in [0.15, 0.2) is 36.7 Å². The van der Waals surface area contributed by atoms with Crippen molar-refractivity contribution in [2.24, 2.45) is 5.73 Å². The van der Waals surface area contributed by atoms with Gasteiger partial charge in [0.25, 0.3) is 0 Å². The van der Waals surface area contributed by atoms with E-state index in [1.54, 1.807) is 18.5 Å². The van der Waals surface area contributed by atoms with Gasteiger partial charge in [-0.05, 0) is 25.1 Å². The highest BCUT2D eigenvalue weighted by atomic mass is 32.1. The highest BCUT2D eigenvalue weighted by Gasteiger charge is 2.01. The van der Waals surface area contributed by atoms with Crippen molar-refractivity contribution in [2.45, 2.75) is 6.92 Å². The smallest absolute Gasteiger partial charge is 0.213 e. The van der Waals surface area contributed by atoms with Crippen molar-refractivity contribution in [3.8, 4) is 5.88 Å². The van der Waals surface area contributed by atoms with Crippen LogP contribution < -0.4 is 15.8 Å². The number of hydrogen-bond acceptors (Lipinski definition) is 5. The molecule has 5 nitrogen and oxygen atoms in total. The Labute approximate surface area is 116 Å². The first-order valence-corrected chi connectivity index (χ1v) is 6.21. The SMILES string of the molecule is CCOc1ccc(Nc2ccnc(C(N)=S)c2)cn1. The van der Waals surface area contributed by atoms with Crippen LogP contribution in [0.3, 0.4) is 0 Å². The number of rotatable bonds is 5. The molecule has 0 radical (unpaired) electrons. The zero-order valence-corrected chi connectivity index (χ0v) is 11.3. The molecule has 0 saturated carbocycles. The molecule has 3 N–H and O–H groups in total. The molecule has 0 aromatic carbocycles. The van der Waals surface area contributed by atoms with Crippen molar-refractivity contribution in [3.05, 3.63) is 42.4 Å². The summed E-state index contributed by atoms with van der Waals surface area (Å²) in [5, 5.41) is 3.20. The number of anilines is 2. The number of nitrogens with two attached hydrogens (primary N) is 1. The molecule has 0 atom stereocenters. The fourth-order valence-corrected chi connectivity index (χ4v) is 1.61. The van der Waals surface area contributed by atoms with Crippen LogP contribution in [-0.2, 0) is 0 Å². The molecule has 2 aromatic rings. The van der Waals surface area contributed by atoms with Crippen molar-refractivity contribution in [2.75, 3.05) is 11.9 Å². The van der Waals surface area contributed by atoms with Crippen LogP contribution in [0, 0.1) is 0 Å². The second-order valence-corrected chi connectivity index (χ2v) is 4.18. The minimum Gasteiger partial charge on any atom is -0.478 e. The maximum Gasteiger partial charge on any atom is 0.213 e. The van der Waals surface area contributed by atoms with Gasteiger partial charge in [0.1, 0.15) is 4.99 Å². The topological polar surface area (TPSA) is 73.1 Å². The van der Waals surface area contributed by atoms with E-state index in [2.05, 4.69) is 15.3 Å². The second-order valence-electron chi connectivity index (χ2n) is 3.74. The van der Waals surface area contributed by atoms with Crippen molar-refractivity contribution in [3.63, 3.8) is 0 Å². The second kappa shape index (κ2) is 6.10. The Bertz CT molecular complexity index is 571. The first-order chi connectivity index (χ1) is 9.19. The molecule has 2 rings (SSSR count).